The standard InChI is InChI=1S/C32H38N6O3/c1-19-13-22(10-11-26(19)31(39)36(6)7)27-18-38(32(40)41)30-29(27)34-28(17-33-30)24-14-23(21(3)35(4)5)15-25(16-24)37-12-8-9-20(37)2/h10-11,13-18,20-21H,8-9,12H2,1-7H3,(H,40,41). The molecule has 1 aliphatic heterocycles. The van der Waals surface area contributed by atoms with E-state index in [2.05, 4.69) is 60.9 Å². The monoisotopic (exact) mass is 554 g/mol. The van der Waals surface area contributed by atoms with Crippen molar-refractivity contribution in [1.82, 2.24) is 24.3 Å². The van der Waals surface area contributed by atoms with Crippen LogP contribution in [0.3, 0.4) is 0 Å². The Morgan fingerprint density at radius 2 is 1.83 bits per heavy atom. The molecule has 4 aromatic rings. The molecule has 0 radical (unpaired) electrons. The van der Waals surface area contributed by atoms with E-state index in [0.29, 0.717) is 28.4 Å². The quantitative estimate of drug-likeness (QED) is 0.316. The molecule has 1 aliphatic rings. The van der Waals surface area contributed by atoms with Crippen LogP contribution < -0.4 is 4.90 Å². The fourth-order valence-electron chi connectivity index (χ4n) is 5.60. The molecule has 1 amide bonds. The Kier molecular flexibility index (Phi) is 7.57. The van der Waals surface area contributed by atoms with Crippen molar-refractivity contribution in [2.75, 3.05) is 39.6 Å². The van der Waals surface area contributed by atoms with Gasteiger partial charge in [-0.25, -0.2) is 19.3 Å². The second-order valence-corrected chi connectivity index (χ2v) is 11.5. The molecule has 3 heterocycles. The molecule has 214 valence electrons. The van der Waals surface area contributed by atoms with Gasteiger partial charge in [0.2, 0.25) is 0 Å². The van der Waals surface area contributed by atoms with Crippen molar-refractivity contribution in [3.05, 3.63) is 65.5 Å². The van der Waals surface area contributed by atoms with Crippen LogP contribution in [0.1, 0.15) is 54.2 Å². The number of anilines is 1. The van der Waals surface area contributed by atoms with Crippen molar-refractivity contribution in [2.24, 2.45) is 0 Å². The summed E-state index contributed by atoms with van der Waals surface area (Å²) in [6.45, 7) is 7.35. The van der Waals surface area contributed by atoms with Crippen molar-refractivity contribution in [2.45, 2.75) is 45.7 Å². The van der Waals surface area contributed by atoms with Crippen LogP contribution in [0.2, 0.25) is 0 Å². The highest BCUT2D eigenvalue weighted by atomic mass is 16.4. The van der Waals surface area contributed by atoms with Crippen LogP contribution in [-0.4, -0.2) is 82.2 Å². The predicted octanol–water partition coefficient (Wildman–Crippen LogP) is 5.91. The van der Waals surface area contributed by atoms with Crippen LogP contribution in [0.5, 0.6) is 0 Å². The van der Waals surface area contributed by atoms with Crippen LogP contribution in [0.4, 0.5) is 10.5 Å². The summed E-state index contributed by atoms with van der Waals surface area (Å²) in [6, 6.07) is 12.8. The van der Waals surface area contributed by atoms with Crippen LogP contribution in [0.15, 0.2) is 48.8 Å². The first kappa shape index (κ1) is 28.3. The molecule has 1 saturated heterocycles. The minimum absolute atomic E-state index is 0.0842. The Labute approximate surface area is 241 Å². The highest BCUT2D eigenvalue weighted by Gasteiger charge is 2.24. The fraction of sp³-hybridized carbons (Fsp3) is 0.375. The fourth-order valence-corrected chi connectivity index (χ4v) is 5.60. The summed E-state index contributed by atoms with van der Waals surface area (Å²) in [5, 5.41) is 9.93. The number of carboxylic acid groups (broad SMARTS) is 1. The molecule has 0 aliphatic carbocycles. The van der Waals surface area contributed by atoms with Crippen LogP contribution in [-0.2, 0) is 0 Å². The smallest absolute Gasteiger partial charge is 0.417 e. The van der Waals surface area contributed by atoms with Gasteiger partial charge in [0.1, 0.15) is 5.52 Å². The lowest BCUT2D eigenvalue weighted by molar-refractivity contribution is 0.0827. The van der Waals surface area contributed by atoms with Gasteiger partial charge in [-0.05, 0) is 88.7 Å². The maximum atomic E-state index is 12.6. The zero-order chi connectivity index (χ0) is 29.6. The number of nitrogens with zero attached hydrogens (tertiary/aromatic N) is 6. The topological polar surface area (TPSA) is 94.8 Å². The summed E-state index contributed by atoms with van der Waals surface area (Å²) in [7, 11) is 7.58. The lowest BCUT2D eigenvalue weighted by Crippen LogP contribution is -2.26. The summed E-state index contributed by atoms with van der Waals surface area (Å²) >= 11 is 0. The van der Waals surface area contributed by atoms with Gasteiger partial charge in [0.15, 0.2) is 5.65 Å². The lowest BCUT2D eigenvalue weighted by atomic mass is 9.99. The van der Waals surface area contributed by atoms with Crippen molar-refractivity contribution in [3.8, 4) is 22.4 Å². The highest BCUT2D eigenvalue weighted by Crippen LogP contribution is 2.36. The van der Waals surface area contributed by atoms with Gasteiger partial charge in [0.25, 0.3) is 5.91 Å². The van der Waals surface area contributed by atoms with E-state index in [1.165, 1.54) is 18.4 Å². The maximum absolute atomic E-state index is 12.6. The van der Waals surface area contributed by atoms with Gasteiger partial charge in [-0.2, -0.15) is 0 Å². The highest BCUT2D eigenvalue weighted by molar-refractivity contribution is 5.99. The number of carbonyl (C=O) groups excluding carboxylic acids is 1. The first-order valence-electron chi connectivity index (χ1n) is 14.0. The predicted molar refractivity (Wildman–Crippen MR) is 163 cm³/mol. The van der Waals surface area contributed by atoms with Crippen LogP contribution in [0.25, 0.3) is 33.5 Å². The normalized spacial score (nSPS) is 16.0. The Morgan fingerprint density at radius 1 is 1.07 bits per heavy atom. The Hall–Kier alpha value is -4.24. The van der Waals surface area contributed by atoms with Gasteiger partial charge in [0, 0.05) is 61.3 Å². The molecular weight excluding hydrogens is 516 g/mol. The van der Waals surface area contributed by atoms with Crippen molar-refractivity contribution in [3.63, 3.8) is 0 Å². The van der Waals surface area contributed by atoms with Crippen molar-refractivity contribution >= 4 is 28.9 Å². The molecule has 1 fully saturated rings. The second-order valence-electron chi connectivity index (χ2n) is 11.5. The Bertz CT molecular complexity index is 1640. The molecule has 1 N–H and O–H groups in total. The molecule has 0 bridgehead atoms. The zero-order valence-electron chi connectivity index (χ0n) is 24.8. The molecule has 0 spiro atoms. The van der Waals surface area contributed by atoms with Gasteiger partial charge in [0.05, 0.1) is 11.9 Å². The number of carbonyl (C=O) groups is 2. The summed E-state index contributed by atoms with van der Waals surface area (Å²) < 4.78 is 1.11. The molecular formula is C32H38N6O3. The molecule has 5 rings (SSSR count). The molecule has 2 aromatic heterocycles. The van der Waals surface area contributed by atoms with Gasteiger partial charge < -0.3 is 19.8 Å². The van der Waals surface area contributed by atoms with E-state index in [4.69, 9.17) is 4.98 Å². The van der Waals surface area contributed by atoms with E-state index in [1.54, 1.807) is 37.5 Å². The SMILES string of the molecule is Cc1cc(-c2cn(C(=O)O)c3ncc(-c4cc(C(C)N(C)C)cc(N5CCCC5C)c4)nc23)ccc1C(=O)N(C)C. The van der Waals surface area contributed by atoms with Crippen LogP contribution in [0, 0.1) is 6.92 Å². The first-order chi connectivity index (χ1) is 19.5. The maximum Gasteiger partial charge on any atom is 0.417 e. The number of benzene rings is 2. The summed E-state index contributed by atoms with van der Waals surface area (Å²) in [4.78, 5) is 40.5. The van der Waals surface area contributed by atoms with E-state index in [-0.39, 0.29) is 17.6 Å². The van der Waals surface area contributed by atoms with E-state index in [0.717, 1.165) is 33.5 Å². The zero-order valence-corrected chi connectivity index (χ0v) is 24.8. The number of rotatable bonds is 6. The summed E-state index contributed by atoms with van der Waals surface area (Å²) in [5.41, 5.74) is 7.56. The second kappa shape index (κ2) is 11.0. The first-order valence-corrected chi connectivity index (χ1v) is 14.0. The number of amides is 1. The third-order valence-electron chi connectivity index (χ3n) is 8.25. The molecule has 9 heteroatoms. The average Bonchev–Trinajstić information content (AvgIpc) is 3.55. The number of hydrogen-bond donors (Lipinski definition) is 1. The van der Waals surface area contributed by atoms with E-state index in [1.807, 2.05) is 19.1 Å². The number of fused-ring (bicyclic) bond motifs is 1. The molecule has 2 unspecified atom stereocenters. The Balaban J connectivity index is 1.67. The molecule has 9 nitrogen and oxygen atoms in total. The Morgan fingerprint density at radius 3 is 2.44 bits per heavy atom. The van der Waals surface area contributed by atoms with Gasteiger partial charge in [-0.15, -0.1) is 0 Å². The van der Waals surface area contributed by atoms with E-state index < -0.39 is 6.09 Å². The van der Waals surface area contributed by atoms with Crippen LogP contribution >= 0.6 is 0 Å². The minimum Gasteiger partial charge on any atom is -0.464 e. The third-order valence-corrected chi connectivity index (χ3v) is 8.25. The van der Waals surface area contributed by atoms with Crippen molar-refractivity contribution < 1.29 is 14.7 Å². The third kappa shape index (κ3) is 5.29. The molecule has 2 atom stereocenters. The number of aryl methyl sites for hydroxylation is 1. The lowest BCUT2D eigenvalue weighted by Gasteiger charge is -2.27. The summed E-state index contributed by atoms with van der Waals surface area (Å²) in [5.74, 6) is -0.0842. The van der Waals surface area contributed by atoms with Gasteiger partial charge in [-0.1, -0.05) is 12.1 Å². The number of aromatic nitrogens is 3. The van der Waals surface area contributed by atoms with Gasteiger partial charge in [-0.3, -0.25) is 4.79 Å². The molecule has 41 heavy (non-hydrogen) atoms. The van der Waals surface area contributed by atoms with Gasteiger partial charge >= 0.3 is 6.09 Å². The molecule has 2 aromatic carbocycles. The largest absolute Gasteiger partial charge is 0.464 e. The molecule has 0 saturated carbocycles. The summed E-state index contributed by atoms with van der Waals surface area (Å²) in [6.07, 6.45) is 4.42. The number of hydrogen-bond acceptors (Lipinski definition) is 6. The average molecular weight is 555 g/mol. The van der Waals surface area contributed by atoms with E-state index >= 15 is 0 Å². The minimum atomic E-state index is -1.13. The van der Waals surface area contributed by atoms with E-state index in [9.17, 15) is 14.7 Å². The van der Waals surface area contributed by atoms with Crippen molar-refractivity contribution in [1.29, 1.82) is 0 Å².